The molecule has 0 aliphatic heterocycles. The second-order valence-corrected chi connectivity index (χ2v) is 4.01. The van der Waals surface area contributed by atoms with E-state index >= 15 is 0 Å². The molecule has 0 saturated carbocycles. The van der Waals surface area contributed by atoms with Crippen molar-refractivity contribution in [2.45, 2.75) is 12.8 Å². The lowest BCUT2D eigenvalue weighted by atomic mass is 10.3. The quantitative estimate of drug-likeness (QED) is 0.630. The molecule has 0 aliphatic rings. The van der Waals surface area contributed by atoms with Gasteiger partial charge in [-0.3, -0.25) is 0 Å². The molecule has 1 rings (SSSR count). The predicted octanol–water partition coefficient (Wildman–Crippen LogP) is 3.54. The number of halogens is 1. The third-order valence-electron chi connectivity index (χ3n) is 1.65. The highest BCUT2D eigenvalue weighted by Gasteiger charge is 1.97. The van der Waals surface area contributed by atoms with Crippen LogP contribution in [0.25, 0.3) is 0 Å². The summed E-state index contributed by atoms with van der Waals surface area (Å²) in [5.74, 6) is 1.85. The van der Waals surface area contributed by atoms with Crippen LogP contribution in [0.4, 0.5) is 0 Å². The maximum atomic E-state index is 5.56. The molecule has 0 saturated heterocycles. The average molecular weight is 261 g/mol. The SMILES string of the molecule is SCCCCOc1ccccc1Br. The molecule has 0 aliphatic carbocycles. The maximum Gasteiger partial charge on any atom is 0.133 e. The molecule has 72 valence electrons. The average Bonchev–Trinajstić information content (AvgIpc) is 2.15. The molecule has 1 aromatic carbocycles. The first-order valence-corrected chi connectivity index (χ1v) is 5.75. The Bertz CT molecular complexity index is 252. The second kappa shape index (κ2) is 6.33. The number of rotatable bonds is 5. The standard InChI is InChI=1S/C10H13BrOS/c11-9-5-1-2-6-10(9)12-7-3-4-8-13/h1-2,5-6,13H,3-4,7-8H2. The zero-order valence-corrected chi connectivity index (χ0v) is 9.85. The number of hydrogen-bond acceptors (Lipinski definition) is 2. The number of ether oxygens (including phenoxy) is 1. The van der Waals surface area contributed by atoms with Gasteiger partial charge in [-0.15, -0.1) is 0 Å². The Kier molecular flexibility index (Phi) is 5.32. The van der Waals surface area contributed by atoms with Gasteiger partial charge in [-0.1, -0.05) is 12.1 Å². The highest BCUT2D eigenvalue weighted by atomic mass is 79.9. The van der Waals surface area contributed by atoms with Crippen molar-refractivity contribution in [2.24, 2.45) is 0 Å². The molecular weight excluding hydrogens is 248 g/mol. The number of benzene rings is 1. The molecule has 0 atom stereocenters. The summed E-state index contributed by atoms with van der Waals surface area (Å²) in [4.78, 5) is 0. The van der Waals surface area contributed by atoms with Gasteiger partial charge in [0.05, 0.1) is 11.1 Å². The highest BCUT2D eigenvalue weighted by molar-refractivity contribution is 9.10. The van der Waals surface area contributed by atoms with Crippen LogP contribution in [0.5, 0.6) is 5.75 Å². The summed E-state index contributed by atoms with van der Waals surface area (Å²) < 4.78 is 6.57. The van der Waals surface area contributed by atoms with Gasteiger partial charge in [0.2, 0.25) is 0 Å². The second-order valence-electron chi connectivity index (χ2n) is 2.71. The maximum absolute atomic E-state index is 5.56. The van der Waals surface area contributed by atoms with Gasteiger partial charge in [-0.25, -0.2) is 0 Å². The summed E-state index contributed by atoms with van der Waals surface area (Å²) in [5.41, 5.74) is 0. The van der Waals surface area contributed by atoms with Crippen molar-refractivity contribution in [1.82, 2.24) is 0 Å². The van der Waals surface area contributed by atoms with E-state index in [1.807, 2.05) is 24.3 Å². The van der Waals surface area contributed by atoms with E-state index in [0.29, 0.717) is 0 Å². The minimum absolute atomic E-state index is 0.767. The first kappa shape index (κ1) is 10.9. The molecule has 3 heteroatoms. The summed E-state index contributed by atoms with van der Waals surface area (Å²) >= 11 is 7.56. The fourth-order valence-electron chi connectivity index (χ4n) is 0.958. The number of hydrogen-bond donors (Lipinski definition) is 1. The Morgan fingerprint density at radius 1 is 1.23 bits per heavy atom. The molecule has 0 fully saturated rings. The van der Waals surface area contributed by atoms with Crippen LogP contribution < -0.4 is 4.74 Å². The Labute approximate surface area is 93.0 Å². The summed E-state index contributed by atoms with van der Waals surface area (Å²) in [6, 6.07) is 7.89. The third-order valence-corrected chi connectivity index (χ3v) is 2.62. The van der Waals surface area contributed by atoms with E-state index in [0.717, 1.165) is 35.4 Å². The van der Waals surface area contributed by atoms with Crippen LogP contribution >= 0.6 is 28.6 Å². The van der Waals surface area contributed by atoms with Crippen molar-refractivity contribution in [2.75, 3.05) is 12.4 Å². The van der Waals surface area contributed by atoms with Crippen LogP contribution in [0.3, 0.4) is 0 Å². The van der Waals surface area contributed by atoms with Crippen molar-refractivity contribution in [3.05, 3.63) is 28.7 Å². The monoisotopic (exact) mass is 260 g/mol. The molecular formula is C10H13BrOS. The first-order valence-electron chi connectivity index (χ1n) is 4.33. The van der Waals surface area contributed by atoms with Crippen LogP contribution in [0.2, 0.25) is 0 Å². The van der Waals surface area contributed by atoms with Crippen molar-refractivity contribution in [1.29, 1.82) is 0 Å². The van der Waals surface area contributed by atoms with E-state index in [9.17, 15) is 0 Å². The third kappa shape index (κ3) is 4.05. The van der Waals surface area contributed by atoms with E-state index in [1.165, 1.54) is 0 Å². The zero-order valence-electron chi connectivity index (χ0n) is 7.37. The summed E-state index contributed by atoms with van der Waals surface area (Å²) in [6.07, 6.45) is 2.17. The molecule has 0 bridgehead atoms. The molecule has 0 aromatic heterocycles. The van der Waals surface area contributed by atoms with Gasteiger partial charge in [0, 0.05) is 0 Å². The molecule has 0 heterocycles. The molecule has 0 N–H and O–H groups in total. The van der Waals surface area contributed by atoms with Gasteiger partial charge >= 0.3 is 0 Å². The van der Waals surface area contributed by atoms with Gasteiger partial charge in [-0.2, -0.15) is 12.6 Å². The van der Waals surface area contributed by atoms with E-state index in [4.69, 9.17) is 4.74 Å². The van der Waals surface area contributed by atoms with Crippen LogP contribution in [-0.4, -0.2) is 12.4 Å². The fourth-order valence-corrected chi connectivity index (χ4v) is 1.58. The molecule has 0 radical (unpaired) electrons. The van der Waals surface area contributed by atoms with E-state index in [-0.39, 0.29) is 0 Å². The van der Waals surface area contributed by atoms with Gasteiger partial charge in [0.1, 0.15) is 5.75 Å². The predicted molar refractivity (Wildman–Crippen MR) is 62.7 cm³/mol. The first-order chi connectivity index (χ1) is 6.34. The van der Waals surface area contributed by atoms with Crippen LogP contribution in [-0.2, 0) is 0 Å². The number of unbranched alkanes of at least 4 members (excludes halogenated alkanes) is 1. The molecule has 13 heavy (non-hydrogen) atoms. The Morgan fingerprint density at radius 2 is 2.00 bits per heavy atom. The zero-order chi connectivity index (χ0) is 9.52. The van der Waals surface area contributed by atoms with Crippen molar-refractivity contribution < 1.29 is 4.74 Å². The largest absolute Gasteiger partial charge is 0.492 e. The summed E-state index contributed by atoms with van der Waals surface area (Å²) in [7, 11) is 0. The minimum atomic E-state index is 0.767. The lowest BCUT2D eigenvalue weighted by Crippen LogP contribution is -1.97. The van der Waals surface area contributed by atoms with E-state index < -0.39 is 0 Å². The fraction of sp³-hybridized carbons (Fsp3) is 0.400. The number of para-hydroxylation sites is 1. The van der Waals surface area contributed by atoms with Gasteiger partial charge in [0.15, 0.2) is 0 Å². The highest BCUT2D eigenvalue weighted by Crippen LogP contribution is 2.23. The van der Waals surface area contributed by atoms with Crippen molar-refractivity contribution in [3.8, 4) is 5.75 Å². The Morgan fingerprint density at radius 3 is 2.69 bits per heavy atom. The lowest BCUT2D eigenvalue weighted by molar-refractivity contribution is 0.308. The van der Waals surface area contributed by atoms with Crippen molar-refractivity contribution >= 4 is 28.6 Å². The van der Waals surface area contributed by atoms with E-state index in [2.05, 4.69) is 28.6 Å². The van der Waals surface area contributed by atoms with Gasteiger partial charge in [-0.05, 0) is 46.7 Å². The summed E-state index contributed by atoms with van der Waals surface area (Å²) in [5, 5.41) is 0. The normalized spacial score (nSPS) is 10.0. The number of thiol groups is 1. The Hall–Kier alpha value is -0.150. The Balaban J connectivity index is 2.32. The van der Waals surface area contributed by atoms with Gasteiger partial charge < -0.3 is 4.74 Å². The molecule has 1 aromatic rings. The van der Waals surface area contributed by atoms with Crippen molar-refractivity contribution in [3.63, 3.8) is 0 Å². The van der Waals surface area contributed by atoms with E-state index in [1.54, 1.807) is 0 Å². The topological polar surface area (TPSA) is 9.23 Å². The smallest absolute Gasteiger partial charge is 0.133 e. The minimum Gasteiger partial charge on any atom is -0.492 e. The summed E-state index contributed by atoms with van der Waals surface area (Å²) in [6.45, 7) is 0.767. The molecule has 0 spiro atoms. The van der Waals surface area contributed by atoms with Crippen LogP contribution in [0, 0.1) is 0 Å². The molecule has 0 unspecified atom stereocenters. The van der Waals surface area contributed by atoms with Gasteiger partial charge in [0.25, 0.3) is 0 Å². The lowest BCUT2D eigenvalue weighted by Gasteiger charge is -2.06. The van der Waals surface area contributed by atoms with Crippen LogP contribution in [0.1, 0.15) is 12.8 Å². The van der Waals surface area contributed by atoms with Crippen LogP contribution in [0.15, 0.2) is 28.7 Å². The molecule has 1 nitrogen and oxygen atoms in total. The molecule has 0 amide bonds.